The van der Waals surface area contributed by atoms with Crippen LogP contribution in [-0.4, -0.2) is 13.1 Å². The molecular formula is C14H22O2. The number of hydrogen-bond acceptors (Lipinski definition) is 2. The Hall–Kier alpha value is -0.790. The van der Waals surface area contributed by atoms with Crippen molar-refractivity contribution < 1.29 is 9.53 Å². The van der Waals surface area contributed by atoms with Crippen LogP contribution >= 0.6 is 0 Å². The van der Waals surface area contributed by atoms with Crippen LogP contribution in [0.3, 0.4) is 0 Å². The van der Waals surface area contributed by atoms with Gasteiger partial charge in [-0.25, -0.2) is 4.79 Å². The molecule has 0 aliphatic heterocycles. The van der Waals surface area contributed by atoms with Gasteiger partial charge in [-0.15, -0.1) is 0 Å². The first-order chi connectivity index (χ1) is 7.81. The van der Waals surface area contributed by atoms with E-state index in [1.165, 1.54) is 58.5 Å². The summed E-state index contributed by atoms with van der Waals surface area (Å²) in [6.45, 7) is 0. The molecule has 0 atom stereocenters. The number of rotatable bonds is 3. The molecule has 0 aromatic rings. The van der Waals surface area contributed by atoms with Crippen molar-refractivity contribution >= 4 is 5.97 Å². The predicted molar refractivity (Wildman–Crippen MR) is 64.0 cm³/mol. The van der Waals surface area contributed by atoms with Crippen LogP contribution < -0.4 is 0 Å². The fraction of sp³-hybridized carbons (Fsp3) is 0.786. The van der Waals surface area contributed by atoms with E-state index in [9.17, 15) is 4.79 Å². The van der Waals surface area contributed by atoms with E-state index in [-0.39, 0.29) is 5.97 Å². The molecule has 2 aliphatic rings. The van der Waals surface area contributed by atoms with Gasteiger partial charge in [0.2, 0.25) is 0 Å². The first kappa shape index (κ1) is 11.7. The maximum Gasteiger partial charge on any atom is 0.333 e. The first-order valence-corrected chi connectivity index (χ1v) is 6.61. The van der Waals surface area contributed by atoms with Gasteiger partial charge >= 0.3 is 5.97 Å². The highest BCUT2D eigenvalue weighted by Gasteiger charge is 2.26. The number of methoxy groups -OCH3 is 1. The number of hydrogen-bond donors (Lipinski definition) is 0. The van der Waals surface area contributed by atoms with Crippen molar-refractivity contribution in [2.45, 2.75) is 51.4 Å². The zero-order chi connectivity index (χ0) is 11.4. The van der Waals surface area contributed by atoms with Crippen LogP contribution in [0.5, 0.6) is 0 Å². The molecule has 0 saturated heterocycles. The number of esters is 1. The van der Waals surface area contributed by atoms with Crippen LogP contribution in [0.25, 0.3) is 0 Å². The average molecular weight is 222 g/mol. The highest BCUT2D eigenvalue weighted by atomic mass is 16.5. The number of allylic oxidation sites excluding steroid dienone is 1. The van der Waals surface area contributed by atoms with Crippen LogP contribution in [-0.2, 0) is 9.53 Å². The molecule has 90 valence electrons. The minimum atomic E-state index is -0.0844. The van der Waals surface area contributed by atoms with Gasteiger partial charge in [0.25, 0.3) is 0 Å². The topological polar surface area (TPSA) is 26.3 Å². The lowest BCUT2D eigenvalue weighted by Crippen LogP contribution is -2.13. The summed E-state index contributed by atoms with van der Waals surface area (Å²) in [6, 6.07) is 0. The van der Waals surface area contributed by atoms with Gasteiger partial charge in [0.1, 0.15) is 0 Å². The highest BCUT2D eigenvalue weighted by molar-refractivity contribution is 5.89. The Morgan fingerprint density at radius 2 is 1.62 bits per heavy atom. The SMILES string of the molecule is COC(=O)/C(=C\C1CCCC1)C1CCCC1. The van der Waals surface area contributed by atoms with Gasteiger partial charge in [0.05, 0.1) is 7.11 Å². The Morgan fingerprint density at radius 1 is 1.06 bits per heavy atom. The Labute approximate surface area is 98.1 Å². The predicted octanol–water partition coefficient (Wildman–Crippen LogP) is 3.47. The summed E-state index contributed by atoms with van der Waals surface area (Å²) in [5, 5.41) is 0. The summed E-state index contributed by atoms with van der Waals surface area (Å²) < 4.78 is 4.93. The number of carbonyl (C=O) groups is 1. The van der Waals surface area contributed by atoms with Crippen molar-refractivity contribution in [3.63, 3.8) is 0 Å². The highest BCUT2D eigenvalue weighted by Crippen LogP contribution is 2.35. The third-order valence-corrected chi connectivity index (χ3v) is 4.03. The second kappa shape index (κ2) is 5.51. The lowest BCUT2D eigenvalue weighted by Gasteiger charge is -2.14. The largest absolute Gasteiger partial charge is 0.466 e. The Morgan fingerprint density at radius 3 is 2.19 bits per heavy atom. The van der Waals surface area contributed by atoms with Gasteiger partial charge in [-0.05, 0) is 37.5 Å². The van der Waals surface area contributed by atoms with Crippen LogP contribution in [0.4, 0.5) is 0 Å². The van der Waals surface area contributed by atoms with Crippen molar-refractivity contribution in [3.8, 4) is 0 Å². The molecular weight excluding hydrogens is 200 g/mol. The van der Waals surface area contributed by atoms with Gasteiger partial charge in [0, 0.05) is 5.57 Å². The zero-order valence-electron chi connectivity index (χ0n) is 10.2. The van der Waals surface area contributed by atoms with Gasteiger partial charge in [-0.1, -0.05) is 31.8 Å². The van der Waals surface area contributed by atoms with Crippen LogP contribution in [0.15, 0.2) is 11.6 Å². The summed E-state index contributed by atoms with van der Waals surface area (Å²) in [5.74, 6) is 1.03. The normalized spacial score (nSPS) is 23.9. The molecule has 2 heteroatoms. The van der Waals surface area contributed by atoms with Crippen molar-refractivity contribution in [2.75, 3.05) is 7.11 Å². The maximum absolute atomic E-state index is 11.8. The Bertz CT molecular complexity index is 268. The van der Waals surface area contributed by atoms with E-state index in [4.69, 9.17) is 4.74 Å². The molecule has 0 spiro atoms. The van der Waals surface area contributed by atoms with Gasteiger partial charge in [-0.2, -0.15) is 0 Å². The fourth-order valence-electron chi connectivity index (χ4n) is 3.10. The van der Waals surface area contributed by atoms with Crippen molar-refractivity contribution in [2.24, 2.45) is 11.8 Å². The third kappa shape index (κ3) is 2.66. The molecule has 0 amide bonds. The smallest absolute Gasteiger partial charge is 0.333 e. The van der Waals surface area contributed by atoms with E-state index in [1.54, 1.807) is 0 Å². The van der Waals surface area contributed by atoms with Gasteiger partial charge in [0.15, 0.2) is 0 Å². The molecule has 0 N–H and O–H groups in total. The molecule has 2 aliphatic carbocycles. The van der Waals surface area contributed by atoms with Gasteiger partial charge < -0.3 is 4.74 Å². The quantitative estimate of drug-likeness (QED) is 0.540. The van der Waals surface area contributed by atoms with E-state index >= 15 is 0 Å². The van der Waals surface area contributed by atoms with E-state index in [0.29, 0.717) is 11.8 Å². The second-order valence-corrected chi connectivity index (χ2v) is 5.14. The molecule has 0 radical (unpaired) electrons. The molecule has 16 heavy (non-hydrogen) atoms. The summed E-state index contributed by atoms with van der Waals surface area (Å²) in [6.07, 6.45) is 12.3. The molecule has 2 nitrogen and oxygen atoms in total. The van der Waals surface area contributed by atoms with Crippen LogP contribution in [0.2, 0.25) is 0 Å². The monoisotopic (exact) mass is 222 g/mol. The maximum atomic E-state index is 11.8. The standard InChI is InChI=1S/C14H22O2/c1-16-14(15)13(12-8-4-5-9-12)10-11-6-2-3-7-11/h10-12H,2-9H2,1H3/b13-10-. The van der Waals surface area contributed by atoms with Crippen LogP contribution in [0.1, 0.15) is 51.4 Å². The van der Waals surface area contributed by atoms with Crippen molar-refractivity contribution in [1.82, 2.24) is 0 Å². The Balaban J connectivity index is 2.08. The minimum absolute atomic E-state index is 0.0844. The molecule has 0 unspecified atom stereocenters. The lowest BCUT2D eigenvalue weighted by molar-refractivity contribution is -0.136. The molecule has 0 aromatic heterocycles. The lowest BCUT2D eigenvalue weighted by atomic mass is 9.93. The summed E-state index contributed by atoms with van der Waals surface area (Å²) in [7, 11) is 1.50. The van der Waals surface area contributed by atoms with E-state index in [2.05, 4.69) is 6.08 Å². The molecule has 0 bridgehead atoms. The molecule has 2 fully saturated rings. The Kier molecular flexibility index (Phi) is 4.03. The number of ether oxygens (including phenoxy) is 1. The first-order valence-electron chi connectivity index (χ1n) is 6.61. The minimum Gasteiger partial charge on any atom is -0.466 e. The molecule has 0 heterocycles. The summed E-state index contributed by atoms with van der Waals surface area (Å²) >= 11 is 0. The average Bonchev–Trinajstić information content (AvgIpc) is 2.97. The summed E-state index contributed by atoms with van der Waals surface area (Å²) in [5.41, 5.74) is 0.979. The molecule has 0 aromatic carbocycles. The van der Waals surface area contributed by atoms with Gasteiger partial charge in [-0.3, -0.25) is 0 Å². The van der Waals surface area contributed by atoms with E-state index in [1.807, 2.05) is 0 Å². The summed E-state index contributed by atoms with van der Waals surface area (Å²) in [4.78, 5) is 11.8. The number of carbonyl (C=O) groups excluding carboxylic acids is 1. The van der Waals surface area contributed by atoms with Crippen molar-refractivity contribution in [3.05, 3.63) is 11.6 Å². The molecule has 2 rings (SSSR count). The third-order valence-electron chi connectivity index (χ3n) is 4.03. The zero-order valence-corrected chi connectivity index (χ0v) is 10.2. The van der Waals surface area contributed by atoms with E-state index in [0.717, 1.165) is 5.57 Å². The second-order valence-electron chi connectivity index (χ2n) is 5.14. The van der Waals surface area contributed by atoms with Crippen LogP contribution in [0, 0.1) is 11.8 Å². The van der Waals surface area contributed by atoms with Crippen molar-refractivity contribution in [1.29, 1.82) is 0 Å². The fourth-order valence-corrected chi connectivity index (χ4v) is 3.10. The molecule has 2 saturated carbocycles. The van der Waals surface area contributed by atoms with E-state index < -0.39 is 0 Å².